The van der Waals surface area contributed by atoms with Gasteiger partial charge in [-0.3, -0.25) is 0 Å². The fourth-order valence-electron chi connectivity index (χ4n) is 2.11. The Kier molecular flexibility index (Phi) is 7.12. The maximum Gasteiger partial charge on any atom is 0.407 e. The number of aliphatic hydroxyl groups is 2. The number of methoxy groups -OCH3 is 2. The van der Waals surface area contributed by atoms with Gasteiger partial charge in [-0.05, 0) is 5.56 Å². The van der Waals surface area contributed by atoms with E-state index in [1.807, 2.05) is 30.3 Å². The van der Waals surface area contributed by atoms with Gasteiger partial charge in [-0.25, -0.2) is 9.78 Å². The van der Waals surface area contributed by atoms with Crippen molar-refractivity contribution in [3.63, 3.8) is 0 Å². The van der Waals surface area contributed by atoms with E-state index in [1.54, 1.807) is 0 Å². The van der Waals surface area contributed by atoms with Crippen LogP contribution in [0.25, 0.3) is 0 Å². The summed E-state index contributed by atoms with van der Waals surface area (Å²) in [6.45, 7) is -0.130. The van der Waals surface area contributed by atoms with Crippen molar-refractivity contribution in [1.82, 2.24) is 15.3 Å². The molecule has 9 heteroatoms. The predicted octanol–water partition coefficient (Wildman–Crippen LogP) is 0.814. The molecule has 140 valence electrons. The predicted molar refractivity (Wildman–Crippen MR) is 90.7 cm³/mol. The monoisotopic (exact) mass is 363 g/mol. The lowest BCUT2D eigenvalue weighted by molar-refractivity contribution is 0.0164. The summed E-state index contributed by atoms with van der Waals surface area (Å²) in [6.07, 6.45) is -2.11. The molecular weight excluding hydrogens is 342 g/mol. The van der Waals surface area contributed by atoms with E-state index < -0.39 is 18.3 Å². The average molecular weight is 363 g/mol. The van der Waals surface area contributed by atoms with Crippen molar-refractivity contribution < 1.29 is 29.2 Å². The number of carbonyl (C=O) groups excluding carboxylic acids is 1. The maximum absolute atomic E-state index is 11.7. The Labute approximate surface area is 150 Å². The van der Waals surface area contributed by atoms with Crippen LogP contribution in [-0.4, -0.2) is 53.1 Å². The van der Waals surface area contributed by atoms with Gasteiger partial charge in [-0.1, -0.05) is 30.3 Å². The van der Waals surface area contributed by atoms with Crippen LogP contribution < -0.4 is 14.8 Å². The van der Waals surface area contributed by atoms with E-state index in [9.17, 15) is 15.0 Å². The number of aliphatic hydroxyl groups excluding tert-OH is 2. The molecule has 3 N–H and O–H groups in total. The number of rotatable bonds is 8. The number of nitrogens with one attached hydrogen (secondary N) is 1. The zero-order chi connectivity index (χ0) is 18.9. The molecule has 2 unspecified atom stereocenters. The molecule has 0 aliphatic carbocycles. The molecule has 0 saturated heterocycles. The molecule has 1 aromatic heterocycles. The van der Waals surface area contributed by atoms with Gasteiger partial charge >= 0.3 is 12.1 Å². The smallest absolute Gasteiger partial charge is 0.407 e. The Balaban J connectivity index is 1.86. The minimum Gasteiger partial charge on any atom is -0.481 e. The third-order valence-corrected chi connectivity index (χ3v) is 3.49. The summed E-state index contributed by atoms with van der Waals surface area (Å²) in [7, 11) is 2.76. The van der Waals surface area contributed by atoms with Gasteiger partial charge in [0.15, 0.2) is 0 Å². The van der Waals surface area contributed by atoms with Crippen LogP contribution in [0.15, 0.2) is 36.5 Å². The zero-order valence-corrected chi connectivity index (χ0v) is 14.5. The normalized spacial score (nSPS) is 12.8. The van der Waals surface area contributed by atoms with E-state index in [0.717, 1.165) is 5.56 Å². The average Bonchev–Trinajstić information content (AvgIpc) is 2.70. The van der Waals surface area contributed by atoms with Gasteiger partial charge in [-0.15, -0.1) is 0 Å². The molecule has 1 aromatic carbocycles. The number of carbonyl (C=O) groups is 1. The molecule has 0 fully saturated rings. The molecule has 0 saturated carbocycles. The third kappa shape index (κ3) is 5.30. The van der Waals surface area contributed by atoms with Crippen molar-refractivity contribution >= 4 is 6.09 Å². The summed E-state index contributed by atoms with van der Waals surface area (Å²) < 4.78 is 15.0. The molecule has 1 amide bonds. The van der Waals surface area contributed by atoms with Gasteiger partial charge in [0.05, 0.1) is 19.8 Å². The first-order valence-corrected chi connectivity index (χ1v) is 7.80. The summed E-state index contributed by atoms with van der Waals surface area (Å²) >= 11 is 0. The zero-order valence-electron chi connectivity index (χ0n) is 14.5. The number of nitrogens with zero attached hydrogens (tertiary/aromatic N) is 2. The Morgan fingerprint density at radius 3 is 2.58 bits per heavy atom. The standard InChI is InChI=1S/C17H21N3O6/c1-24-15-12(8-18-16(20-15)25-2)14(22)13(21)9-19-17(23)26-10-11-6-4-3-5-7-11/h3-8,13-14,21-22H,9-10H2,1-2H3,(H,19,23). The van der Waals surface area contributed by atoms with Crippen LogP contribution in [0.2, 0.25) is 0 Å². The number of ether oxygens (including phenoxy) is 3. The van der Waals surface area contributed by atoms with Gasteiger partial charge in [-0.2, -0.15) is 4.98 Å². The number of benzene rings is 1. The summed E-state index contributed by atoms with van der Waals surface area (Å²) in [6, 6.07) is 9.24. The first kappa shape index (κ1) is 19.4. The molecule has 0 aliphatic heterocycles. The first-order valence-electron chi connectivity index (χ1n) is 7.80. The summed E-state index contributed by atoms with van der Waals surface area (Å²) in [5.41, 5.74) is 1.00. The molecule has 0 radical (unpaired) electrons. The number of aromatic nitrogens is 2. The van der Waals surface area contributed by atoms with Crippen molar-refractivity contribution in [2.45, 2.75) is 18.8 Å². The van der Waals surface area contributed by atoms with Gasteiger partial charge < -0.3 is 29.7 Å². The molecule has 2 aromatic rings. The summed E-state index contributed by atoms with van der Waals surface area (Å²) in [5.74, 6) is 0.0649. The number of hydrogen-bond donors (Lipinski definition) is 3. The molecule has 0 aliphatic rings. The Morgan fingerprint density at radius 2 is 1.92 bits per heavy atom. The van der Waals surface area contributed by atoms with Gasteiger partial charge in [0.2, 0.25) is 5.88 Å². The van der Waals surface area contributed by atoms with Crippen LogP contribution in [0.4, 0.5) is 4.79 Å². The van der Waals surface area contributed by atoms with E-state index >= 15 is 0 Å². The largest absolute Gasteiger partial charge is 0.481 e. The first-order chi connectivity index (χ1) is 12.5. The van der Waals surface area contributed by atoms with Crippen molar-refractivity contribution in [3.8, 4) is 11.9 Å². The Hall–Kier alpha value is -2.91. The minimum atomic E-state index is -1.37. The molecule has 0 bridgehead atoms. The molecule has 1 heterocycles. The van der Waals surface area contributed by atoms with E-state index in [2.05, 4.69) is 15.3 Å². The molecule has 9 nitrogen and oxygen atoms in total. The highest BCUT2D eigenvalue weighted by atomic mass is 16.5. The lowest BCUT2D eigenvalue weighted by Gasteiger charge is -2.19. The summed E-state index contributed by atoms with van der Waals surface area (Å²) in [5, 5.41) is 22.7. The topological polar surface area (TPSA) is 123 Å². The quantitative estimate of drug-likeness (QED) is 0.630. The second kappa shape index (κ2) is 9.54. The number of hydrogen-bond acceptors (Lipinski definition) is 8. The number of amides is 1. The van der Waals surface area contributed by atoms with Crippen LogP contribution >= 0.6 is 0 Å². The van der Waals surface area contributed by atoms with E-state index in [0.29, 0.717) is 0 Å². The Bertz CT molecular complexity index is 713. The molecule has 26 heavy (non-hydrogen) atoms. The van der Waals surface area contributed by atoms with Crippen molar-refractivity contribution in [3.05, 3.63) is 47.7 Å². The fraction of sp³-hybridized carbons (Fsp3) is 0.353. The van der Waals surface area contributed by atoms with Gasteiger partial charge in [0.25, 0.3) is 0 Å². The van der Waals surface area contributed by atoms with Crippen LogP contribution in [0.5, 0.6) is 11.9 Å². The maximum atomic E-state index is 11.7. The molecular formula is C17H21N3O6. The van der Waals surface area contributed by atoms with Crippen LogP contribution in [0.1, 0.15) is 17.2 Å². The van der Waals surface area contributed by atoms with Crippen molar-refractivity contribution in [2.24, 2.45) is 0 Å². The second-order valence-electron chi connectivity index (χ2n) is 5.28. The van der Waals surface area contributed by atoms with Crippen LogP contribution in [0, 0.1) is 0 Å². The third-order valence-electron chi connectivity index (χ3n) is 3.49. The fourth-order valence-corrected chi connectivity index (χ4v) is 2.11. The highest BCUT2D eigenvalue weighted by Crippen LogP contribution is 2.26. The van der Waals surface area contributed by atoms with E-state index in [-0.39, 0.29) is 30.6 Å². The van der Waals surface area contributed by atoms with Gasteiger partial charge in [0, 0.05) is 12.7 Å². The highest BCUT2D eigenvalue weighted by Gasteiger charge is 2.24. The Morgan fingerprint density at radius 1 is 1.19 bits per heavy atom. The summed E-state index contributed by atoms with van der Waals surface area (Å²) in [4.78, 5) is 19.5. The van der Waals surface area contributed by atoms with Gasteiger partial charge in [0.1, 0.15) is 18.8 Å². The second-order valence-corrected chi connectivity index (χ2v) is 5.28. The van der Waals surface area contributed by atoms with Crippen molar-refractivity contribution in [1.29, 1.82) is 0 Å². The minimum absolute atomic E-state index is 0.0647. The lowest BCUT2D eigenvalue weighted by Crippen LogP contribution is -2.36. The molecule has 2 rings (SSSR count). The van der Waals surface area contributed by atoms with E-state index in [4.69, 9.17) is 14.2 Å². The lowest BCUT2D eigenvalue weighted by atomic mass is 10.1. The molecule has 2 atom stereocenters. The molecule has 0 spiro atoms. The van der Waals surface area contributed by atoms with Crippen molar-refractivity contribution in [2.75, 3.05) is 20.8 Å². The van der Waals surface area contributed by atoms with E-state index in [1.165, 1.54) is 20.4 Å². The number of alkyl carbamates (subject to hydrolysis) is 1. The highest BCUT2D eigenvalue weighted by molar-refractivity contribution is 5.67. The SMILES string of the molecule is COc1ncc(C(O)C(O)CNC(=O)OCc2ccccc2)c(OC)n1. The van der Waals surface area contributed by atoms with Crippen LogP contribution in [-0.2, 0) is 11.3 Å². The van der Waals surface area contributed by atoms with Crippen LogP contribution in [0.3, 0.4) is 0 Å².